The van der Waals surface area contributed by atoms with Gasteiger partial charge in [0, 0.05) is 29.3 Å². The molecule has 42 heavy (non-hydrogen) atoms. The van der Waals surface area contributed by atoms with Crippen molar-refractivity contribution >= 4 is 62.4 Å². The van der Waals surface area contributed by atoms with E-state index < -0.39 is 34.3 Å². The fourth-order valence-electron chi connectivity index (χ4n) is 3.90. The molecule has 218 valence electrons. The highest BCUT2D eigenvalue weighted by atomic mass is 32.2. The van der Waals surface area contributed by atoms with Crippen LogP contribution in [0.1, 0.15) is 13.8 Å². The summed E-state index contributed by atoms with van der Waals surface area (Å²) in [6.45, 7) is 5.68. The first-order chi connectivity index (χ1) is 20.1. The maximum absolute atomic E-state index is 12.6. The van der Waals surface area contributed by atoms with Crippen molar-refractivity contribution in [2.75, 3.05) is 25.6 Å². The largest absolute Gasteiger partial charge is 0.505 e. The molecule has 0 aromatic heterocycles. The van der Waals surface area contributed by atoms with E-state index in [0.29, 0.717) is 27.8 Å². The molecule has 0 saturated heterocycles. The molecule has 0 bridgehead atoms. The summed E-state index contributed by atoms with van der Waals surface area (Å²) >= 11 is 0. The summed E-state index contributed by atoms with van der Waals surface area (Å²) in [6.07, 6.45) is 0. The second kappa shape index (κ2) is 13.0. The zero-order valence-corrected chi connectivity index (χ0v) is 24.6. The molecule has 0 aliphatic carbocycles. The lowest BCUT2D eigenvalue weighted by molar-refractivity contribution is 0.332. The third-order valence-corrected chi connectivity index (χ3v) is 7.95. The molecule has 15 heteroatoms. The molecule has 0 fully saturated rings. The van der Waals surface area contributed by atoms with Crippen molar-refractivity contribution in [3.05, 3.63) is 60.7 Å². The van der Waals surface area contributed by atoms with Crippen molar-refractivity contribution < 1.29 is 31.8 Å². The summed E-state index contributed by atoms with van der Waals surface area (Å²) in [5.74, 6) is 5.04. The Labute approximate surface area is 242 Å². The summed E-state index contributed by atoms with van der Waals surface area (Å²) in [5.41, 5.74) is 6.74. The van der Waals surface area contributed by atoms with Crippen LogP contribution in [-0.4, -0.2) is 33.4 Å². The van der Waals surface area contributed by atoms with Crippen LogP contribution in [-0.2, 0) is 19.0 Å². The third-order valence-electron chi connectivity index (χ3n) is 5.84. The van der Waals surface area contributed by atoms with Gasteiger partial charge in [-0.1, -0.05) is 16.7 Å². The highest BCUT2D eigenvalue weighted by Crippen LogP contribution is 2.45. The Morgan fingerprint density at radius 3 is 2.12 bits per heavy atom. The number of nitrogens with zero attached hydrogens (tertiary/aromatic N) is 4. The lowest BCUT2D eigenvalue weighted by Gasteiger charge is -2.13. The summed E-state index contributed by atoms with van der Waals surface area (Å²) in [6, 6.07) is 15.7. The fraction of sp³-hybridized carbons (Fsp3) is 0.185. The van der Waals surface area contributed by atoms with E-state index in [1.54, 1.807) is 50.8 Å². The van der Waals surface area contributed by atoms with Crippen molar-refractivity contribution in [1.82, 2.24) is 0 Å². The van der Waals surface area contributed by atoms with E-state index in [1.807, 2.05) is 0 Å². The molecule has 4 rings (SSSR count). The maximum Gasteiger partial charge on any atom is 0.373 e. The van der Waals surface area contributed by atoms with Crippen molar-refractivity contribution in [3.63, 3.8) is 0 Å². The van der Waals surface area contributed by atoms with Crippen LogP contribution in [0.4, 0.5) is 28.4 Å². The van der Waals surface area contributed by atoms with E-state index in [1.165, 1.54) is 30.3 Å². The number of phenols is 1. The fourth-order valence-corrected chi connectivity index (χ4v) is 5.26. The van der Waals surface area contributed by atoms with Gasteiger partial charge < -0.3 is 20.3 Å². The summed E-state index contributed by atoms with van der Waals surface area (Å²) in [5, 5.41) is 29.1. The average molecular weight is 612 g/mol. The first kappa shape index (κ1) is 30.5. The Morgan fingerprint density at radius 2 is 1.52 bits per heavy atom. The Bertz CT molecular complexity index is 1830. The molecule has 0 spiro atoms. The topological polar surface area (TPSA) is 201 Å². The van der Waals surface area contributed by atoms with E-state index in [4.69, 9.17) is 21.1 Å². The zero-order valence-electron chi connectivity index (χ0n) is 22.9. The maximum atomic E-state index is 12.6. The molecular formula is C27H28N6O7PS+. The highest BCUT2D eigenvalue weighted by molar-refractivity contribution is 7.86. The van der Waals surface area contributed by atoms with Crippen LogP contribution in [0.15, 0.2) is 86.0 Å². The third kappa shape index (κ3) is 6.69. The molecule has 0 aliphatic rings. The van der Waals surface area contributed by atoms with Crippen LogP contribution >= 0.6 is 7.80 Å². The molecule has 5 N–H and O–H groups in total. The molecular weight excluding hydrogens is 583 g/mol. The molecule has 4 aromatic rings. The number of azo groups is 2. The number of hydrogen-bond acceptors (Lipinski definition) is 13. The lowest BCUT2D eigenvalue weighted by atomic mass is 10.1. The molecule has 4 aromatic carbocycles. The molecule has 1 unspecified atom stereocenters. The molecule has 1 atom stereocenters. The smallest absolute Gasteiger partial charge is 0.373 e. The molecule has 13 nitrogen and oxygen atoms in total. The van der Waals surface area contributed by atoms with E-state index in [0.717, 1.165) is 0 Å². The minimum atomic E-state index is -4.51. The first-order valence-electron chi connectivity index (χ1n) is 12.5. The van der Waals surface area contributed by atoms with Gasteiger partial charge in [-0.2, -0.15) is 23.7 Å². The van der Waals surface area contributed by atoms with Gasteiger partial charge in [0.05, 0.1) is 18.9 Å². The first-order valence-corrected chi connectivity index (χ1v) is 15.7. The van der Waals surface area contributed by atoms with Gasteiger partial charge >= 0.3 is 17.9 Å². The van der Waals surface area contributed by atoms with Crippen LogP contribution in [0.25, 0.3) is 10.8 Å². The number of benzene rings is 4. The highest BCUT2D eigenvalue weighted by Gasteiger charge is 2.25. The van der Waals surface area contributed by atoms with Crippen LogP contribution in [0.3, 0.4) is 0 Å². The van der Waals surface area contributed by atoms with Gasteiger partial charge in [0.15, 0.2) is 11.1 Å². The number of nitrogens with two attached hydrogens (primary N) is 2. The van der Waals surface area contributed by atoms with E-state index in [2.05, 4.69) is 24.7 Å². The van der Waals surface area contributed by atoms with Crippen LogP contribution < -0.4 is 26.4 Å². The summed E-state index contributed by atoms with van der Waals surface area (Å²) in [4.78, 5) is -0.506. The SMILES string of the molecule is CCOc1cc(N=Nc2c(S(=O)(=O)ON)cc3ccc(N)cc3c2O)c(OCC)cc1N=Nc1cccc([P+](C)=O)c1. The Balaban J connectivity index is 1.84. The minimum absolute atomic E-state index is 0.147. The van der Waals surface area contributed by atoms with Gasteiger partial charge in [-0.15, -0.1) is 15.3 Å². The molecule has 0 radical (unpaired) electrons. The number of rotatable bonds is 11. The summed E-state index contributed by atoms with van der Waals surface area (Å²) < 4.78 is 52.8. The number of hydrogen-bond donors (Lipinski definition) is 3. The standard InChI is InChI=1S/C27H27N6O7PS/c1-4-38-23-15-22(24(39-5-2)14-21(23)31-30-18-7-6-8-19(13-18)41(3)35)32-33-26-25(42(36,37)40-29)11-16-9-10-17(28)12-20(16)27(26)34/h6-15H,4-5,29H2,1-3H3,(H2-,28,30,31,32,33,34)/p+1. The van der Waals surface area contributed by atoms with Gasteiger partial charge in [0.1, 0.15) is 40.1 Å². The summed E-state index contributed by atoms with van der Waals surface area (Å²) in [7, 11) is -6.06. The van der Waals surface area contributed by atoms with E-state index >= 15 is 0 Å². The number of anilines is 1. The normalized spacial score (nSPS) is 12.3. The van der Waals surface area contributed by atoms with E-state index in [9.17, 15) is 18.1 Å². The monoisotopic (exact) mass is 611 g/mol. The molecule has 0 saturated carbocycles. The molecule has 0 aliphatic heterocycles. The van der Waals surface area contributed by atoms with E-state index in [-0.39, 0.29) is 35.8 Å². The number of ether oxygens (including phenoxy) is 2. The van der Waals surface area contributed by atoms with Gasteiger partial charge in [-0.3, -0.25) is 0 Å². The number of fused-ring (bicyclic) bond motifs is 1. The Kier molecular flexibility index (Phi) is 9.43. The molecule has 0 amide bonds. The van der Waals surface area contributed by atoms with Crippen LogP contribution in [0, 0.1) is 0 Å². The second-order valence-corrected chi connectivity index (χ2v) is 11.7. The predicted molar refractivity (Wildman–Crippen MR) is 159 cm³/mol. The van der Waals surface area contributed by atoms with Gasteiger partial charge in [0.25, 0.3) is 0 Å². The Morgan fingerprint density at radius 1 is 0.881 bits per heavy atom. The number of nitrogen functional groups attached to an aromatic ring is 1. The van der Waals surface area contributed by atoms with Crippen molar-refractivity contribution in [2.24, 2.45) is 26.4 Å². The van der Waals surface area contributed by atoms with Crippen molar-refractivity contribution in [3.8, 4) is 17.2 Å². The average Bonchev–Trinajstić information content (AvgIpc) is 2.97. The van der Waals surface area contributed by atoms with Crippen molar-refractivity contribution in [1.29, 1.82) is 0 Å². The van der Waals surface area contributed by atoms with Crippen LogP contribution in [0.5, 0.6) is 17.2 Å². The van der Waals surface area contributed by atoms with Gasteiger partial charge in [-0.05, 0) is 49.6 Å². The Hall–Kier alpha value is -4.49. The van der Waals surface area contributed by atoms with Gasteiger partial charge in [-0.25, -0.2) is 0 Å². The molecule has 0 heterocycles. The number of aromatic hydroxyl groups is 1. The second-order valence-electron chi connectivity index (χ2n) is 8.67. The zero-order chi connectivity index (χ0) is 30.4. The predicted octanol–water partition coefficient (Wildman–Crippen LogP) is 6.42. The van der Waals surface area contributed by atoms with Gasteiger partial charge in [0.2, 0.25) is 0 Å². The van der Waals surface area contributed by atoms with Crippen LogP contribution in [0.2, 0.25) is 0 Å². The van der Waals surface area contributed by atoms with Crippen molar-refractivity contribution in [2.45, 2.75) is 18.7 Å². The quantitative estimate of drug-likeness (QED) is 0.0740. The lowest BCUT2D eigenvalue weighted by Crippen LogP contribution is -2.11. The number of phenolic OH excluding ortho intramolecular Hbond substituents is 1. The minimum Gasteiger partial charge on any atom is -0.505 e.